The van der Waals surface area contributed by atoms with E-state index in [0.717, 1.165) is 35.5 Å². The molecule has 0 nitrogen and oxygen atoms in total. The number of hydrogen-bond acceptors (Lipinski definition) is 0. The van der Waals surface area contributed by atoms with Gasteiger partial charge in [-0.15, -0.1) is 0 Å². The first-order valence-electron chi connectivity index (χ1n) is 7.79. The van der Waals surface area contributed by atoms with Gasteiger partial charge in [-0.25, -0.2) is 0 Å². The molecule has 0 aliphatic heterocycles. The summed E-state index contributed by atoms with van der Waals surface area (Å²) in [5.41, 5.74) is 0. The van der Waals surface area contributed by atoms with E-state index in [0.29, 0.717) is 0 Å². The summed E-state index contributed by atoms with van der Waals surface area (Å²) in [7, 11) is 0. The fraction of sp³-hybridized carbons (Fsp3) is 1.00. The van der Waals surface area contributed by atoms with Crippen molar-refractivity contribution in [2.75, 3.05) is 0 Å². The van der Waals surface area contributed by atoms with Crippen LogP contribution in [0, 0.1) is 35.5 Å². The van der Waals surface area contributed by atoms with Gasteiger partial charge in [-0.2, -0.15) is 0 Å². The fourth-order valence-corrected chi connectivity index (χ4v) is 5.59. The Kier molecular flexibility index (Phi) is 3.02. The van der Waals surface area contributed by atoms with Gasteiger partial charge in [0, 0.05) is 0 Å². The number of fused-ring (bicyclic) bond motifs is 2. The first-order valence-corrected chi connectivity index (χ1v) is 7.79. The van der Waals surface area contributed by atoms with Crippen molar-refractivity contribution in [2.24, 2.45) is 35.5 Å². The molecule has 0 bridgehead atoms. The van der Waals surface area contributed by atoms with E-state index in [1.165, 1.54) is 19.3 Å². The summed E-state index contributed by atoms with van der Waals surface area (Å²) in [6.45, 7) is 4.95. The van der Waals surface area contributed by atoms with Crippen molar-refractivity contribution in [3.8, 4) is 0 Å². The third-order valence-corrected chi connectivity index (χ3v) is 6.28. The minimum atomic E-state index is 1.03. The van der Waals surface area contributed by atoms with Gasteiger partial charge >= 0.3 is 0 Å². The highest BCUT2D eigenvalue weighted by atomic mass is 14.5. The second-order valence-corrected chi connectivity index (χ2v) is 6.99. The largest absolute Gasteiger partial charge is 0.0651 e. The first kappa shape index (κ1) is 11.1. The van der Waals surface area contributed by atoms with Crippen LogP contribution in [0.25, 0.3) is 0 Å². The third-order valence-electron chi connectivity index (χ3n) is 6.28. The molecule has 0 spiro atoms. The van der Waals surface area contributed by atoms with Crippen LogP contribution in [-0.4, -0.2) is 0 Å². The van der Waals surface area contributed by atoms with Gasteiger partial charge in [0.1, 0.15) is 0 Å². The quantitative estimate of drug-likeness (QED) is 0.590. The average Bonchev–Trinajstić information content (AvgIpc) is 2.60. The van der Waals surface area contributed by atoms with Crippen molar-refractivity contribution in [3.05, 3.63) is 0 Å². The molecular weight excluding hydrogens is 192 g/mol. The molecule has 6 atom stereocenters. The molecule has 3 aliphatic rings. The Morgan fingerprint density at radius 3 is 2.25 bits per heavy atom. The molecule has 3 saturated carbocycles. The molecule has 4 unspecified atom stereocenters. The summed E-state index contributed by atoms with van der Waals surface area (Å²) in [5.74, 6) is 6.62. The molecule has 3 fully saturated rings. The lowest BCUT2D eigenvalue weighted by Gasteiger charge is -2.43. The Bertz CT molecular complexity index is 244. The standard InChI is InChI=1S/C16H28/c1-3-15-11(2)8-14-9-12-6-4-5-7-13(12)10-16(14)15/h11-16H,3-10H2,1-2H3/t11?,12-,13+,14?,15?,16?/m0/s1. The van der Waals surface area contributed by atoms with Crippen LogP contribution in [0.1, 0.15) is 65.2 Å². The summed E-state index contributed by atoms with van der Waals surface area (Å²) in [6, 6.07) is 0. The van der Waals surface area contributed by atoms with Crippen molar-refractivity contribution in [3.63, 3.8) is 0 Å². The lowest BCUT2D eigenvalue weighted by molar-refractivity contribution is 0.0750. The molecule has 3 aliphatic carbocycles. The molecule has 0 saturated heterocycles. The summed E-state index contributed by atoms with van der Waals surface area (Å²) >= 11 is 0. The van der Waals surface area contributed by atoms with E-state index in [9.17, 15) is 0 Å². The third kappa shape index (κ3) is 1.73. The van der Waals surface area contributed by atoms with Crippen molar-refractivity contribution in [2.45, 2.75) is 65.2 Å². The van der Waals surface area contributed by atoms with E-state index in [1.54, 1.807) is 32.1 Å². The molecule has 0 radical (unpaired) electrons. The second-order valence-electron chi connectivity index (χ2n) is 6.99. The Morgan fingerprint density at radius 1 is 0.875 bits per heavy atom. The molecular formula is C16H28. The zero-order valence-electron chi connectivity index (χ0n) is 11.1. The Morgan fingerprint density at radius 2 is 1.56 bits per heavy atom. The minimum Gasteiger partial charge on any atom is -0.0651 e. The molecule has 0 aromatic heterocycles. The zero-order valence-corrected chi connectivity index (χ0v) is 11.1. The number of rotatable bonds is 1. The molecule has 0 N–H and O–H groups in total. The van der Waals surface area contributed by atoms with E-state index >= 15 is 0 Å². The van der Waals surface area contributed by atoms with Gasteiger partial charge in [-0.05, 0) is 54.8 Å². The van der Waals surface area contributed by atoms with Crippen molar-refractivity contribution < 1.29 is 0 Å². The van der Waals surface area contributed by atoms with Gasteiger partial charge in [0.05, 0.1) is 0 Å². The molecule has 0 aromatic rings. The summed E-state index contributed by atoms with van der Waals surface area (Å²) in [5, 5.41) is 0. The van der Waals surface area contributed by atoms with E-state index in [4.69, 9.17) is 0 Å². The van der Waals surface area contributed by atoms with Crippen molar-refractivity contribution in [1.29, 1.82) is 0 Å². The van der Waals surface area contributed by atoms with Crippen LogP contribution in [0.5, 0.6) is 0 Å². The van der Waals surface area contributed by atoms with Crippen LogP contribution < -0.4 is 0 Å². The van der Waals surface area contributed by atoms with Crippen LogP contribution >= 0.6 is 0 Å². The molecule has 16 heavy (non-hydrogen) atoms. The van der Waals surface area contributed by atoms with Gasteiger partial charge in [0.2, 0.25) is 0 Å². The van der Waals surface area contributed by atoms with Crippen LogP contribution in [0.15, 0.2) is 0 Å². The Labute approximate surface area is 101 Å². The maximum atomic E-state index is 2.52. The van der Waals surface area contributed by atoms with E-state index in [1.807, 2.05) is 0 Å². The molecule has 0 amide bonds. The van der Waals surface area contributed by atoms with Gasteiger partial charge in [-0.1, -0.05) is 46.0 Å². The summed E-state index contributed by atoms with van der Waals surface area (Å²) < 4.78 is 0. The molecule has 0 heterocycles. The molecule has 0 heteroatoms. The molecule has 0 aromatic carbocycles. The van der Waals surface area contributed by atoms with Crippen LogP contribution in [0.2, 0.25) is 0 Å². The molecule has 3 rings (SSSR count). The highest BCUT2D eigenvalue weighted by Crippen LogP contribution is 2.55. The van der Waals surface area contributed by atoms with E-state index < -0.39 is 0 Å². The van der Waals surface area contributed by atoms with Crippen LogP contribution in [0.4, 0.5) is 0 Å². The van der Waals surface area contributed by atoms with Crippen molar-refractivity contribution >= 4 is 0 Å². The maximum Gasteiger partial charge on any atom is -0.0352 e. The topological polar surface area (TPSA) is 0 Å². The van der Waals surface area contributed by atoms with Crippen molar-refractivity contribution in [1.82, 2.24) is 0 Å². The minimum absolute atomic E-state index is 1.03. The zero-order chi connectivity index (χ0) is 11.1. The Balaban J connectivity index is 1.73. The predicted molar refractivity (Wildman–Crippen MR) is 69.2 cm³/mol. The highest BCUT2D eigenvalue weighted by Gasteiger charge is 2.46. The monoisotopic (exact) mass is 220 g/mol. The van der Waals surface area contributed by atoms with Gasteiger partial charge < -0.3 is 0 Å². The van der Waals surface area contributed by atoms with E-state index in [-0.39, 0.29) is 0 Å². The SMILES string of the molecule is CCC1C(C)CC2C[C@@H]3CCCC[C@@H]3CC21. The first-order chi connectivity index (χ1) is 7.79. The van der Waals surface area contributed by atoms with Crippen LogP contribution in [0.3, 0.4) is 0 Å². The van der Waals surface area contributed by atoms with Gasteiger partial charge in [-0.3, -0.25) is 0 Å². The Hall–Kier alpha value is 0. The lowest BCUT2D eigenvalue weighted by atomic mass is 9.63. The normalized spacial score (nSPS) is 52.1. The lowest BCUT2D eigenvalue weighted by Crippen LogP contribution is -2.33. The average molecular weight is 220 g/mol. The number of hydrogen-bond donors (Lipinski definition) is 0. The molecule has 92 valence electrons. The predicted octanol–water partition coefficient (Wildman–Crippen LogP) is 4.89. The highest BCUT2D eigenvalue weighted by molar-refractivity contribution is 4.96. The fourth-order valence-electron chi connectivity index (χ4n) is 5.59. The van der Waals surface area contributed by atoms with Gasteiger partial charge in [0.25, 0.3) is 0 Å². The van der Waals surface area contributed by atoms with E-state index in [2.05, 4.69) is 13.8 Å². The maximum absolute atomic E-state index is 2.52. The smallest absolute Gasteiger partial charge is 0.0352 e. The summed E-state index contributed by atoms with van der Waals surface area (Å²) in [6.07, 6.45) is 12.4. The second kappa shape index (κ2) is 4.35. The van der Waals surface area contributed by atoms with Gasteiger partial charge in [0.15, 0.2) is 0 Å². The van der Waals surface area contributed by atoms with Crippen LogP contribution in [-0.2, 0) is 0 Å². The summed E-state index contributed by atoms with van der Waals surface area (Å²) in [4.78, 5) is 0.